The third-order valence-corrected chi connectivity index (χ3v) is 11.9. The molecule has 248 valence electrons. The Bertz CT molecular complexity index is 3150. The molecule has 0 saturated carbocycles. The summed E-state index contributed by atoms with van der Waals surface area (Å²) in [4.78, 5) is 2.36. The SMILES string of the molecule is c1ccc(N(c2ccc(-c3ccc(-n4c5ccccc5c5c6ccccc6c6ccccc6c54)cc3)cc2)c2ccc3sc4ccccc4c3c2)cc1. The van der Waals surface area contributed by atoms with Gasteiger partial charge in [0.1, 0.15) is 0 Å². The molecule has 3 heteroatoms. The highest BCUT2D eigenvalue weighted by atomic mass is 32.1. The zero-order chi connectivity index (χ0) is 34.9. The molecular formula is C50H32N2S. The normalized spacial score (nSPS) is 11.8. The quantitative estimate of drug-likeness (QED) is 0.163. The number of aromatic nitrogens is 1. The lowest BCUT2D eigenvalue weighted by molar-refractivity contribution is 1.19. The van der Waals surface area contributed by atoms with Crippen LogP contribution in [0.3, 0.4) is 0 Å². The van der Waals surface area contributed by atoms with Crippen LogP contribution in [0.4, 0.5) is 17.1 Å². The number of nitrogens with zero attached hydrogens (tertiary/aromatic N) is 2. The predicted octanol–water partition coefficient (Wildman–Crippen LogP) is 14.6. The Kier molecular flexibility index (Phi) is 6.76. The molecule has 9 aromatic carbocycles. The van der Waals surface area contributed by atoms with Gasteiger partial charge >= 0.3 is 0 Å². The highest BCUT2D eigenvalue weighted by Crippen LogP contribution is 2.43. The number of benzene rings is 9. The van der Waals surface area contributed by atoms with E-state index in [4.69, 9.17) is 0 Å². The second-order valence-electron chi connectivity index (χ2n) is 13.7. The maximum absolute atomic E-state index is 2.46. The van der Waals surface area contributed by atoms with Gasteiger partial charge in [-0.15, -0.1) is 11.3 Å². The minimum absolute atomic E-state index is 1.12. The largest absolute Gasteiger partial charge is 0.310 e. The Hall–Kier alpha value is -6.68. The van der Waals surface area contributed by atoms with Crippen LogP contribution in [0.1, 0.15) is 0 Å². The zero-order valence-electron chi connectivity index (χ0n) is 28.8. The van der Waals surface area contributed by atoms with E-state index in [-0.39, 0.29) is 0 Å². The predicted molar refractivity (Wildman–Crippen MR) is 229 cm³/mol. The van der Waals surface area contributed by atoms with Gasteiger partial charge in [-0.25, -0.2) is 0 Å². The molecule has 0 bridgehead atoms. The number of rotatable bonds is 5. The Morgan fingerprint density at radius 1 is 0.358 bits per heavy atom. The number of hydrogen-bond acceptors (Lipinski definition) is 2. The third-order valence-electron chi connectivity index (χ3n) is 10.8. The van der Waals surface area contributed by atoms with Crippen molar-refractivity contribution in [2.24, 2.45) is 0 Å². The van der Waals surface area contributed by atoms with Crippen molar-refractivity contribution in [2.75, 3.05) is 4.90 Å². The van der Waals surface area contributed by atoms with Crippen molar-refractivity contribution in [3.63, 3.8) is 0 Å². The van der Waals surface area contributed by atoms with E-state index in [2.05, 4.69) is 204 Å². The Labute approximate surface area is 311 Å². The Morgan fingerprint density at radius 3 is 1.64 bits per heavy atom. The molecule has 0 aliphatic rings. The van der Waals surface area contributed by atoms with Crippen molar-refractivity contribution in [3.8, 4) is 16.8 Å². The smallest absolute Gasteiger partial charge is 0.0625 e. The monoisotopic (exact) mass is 692 g/mol. The zero-order valence-corrected chi connectivity index (χ0v) is 29.6. The van der Waals surface area contributed by atoms with Crippen LogP contribution in [0.2, 0.25) is 0 Å². The van der Waals surface area contributed by atoms with Crippen molar-refractivity contribution in [1.29, 1.82) is 0 Å². The molecule has 11 rings (SSSR count). The number of anilines is 3. The first-order chi connectivity index (χ1) is 26.3. The van der Waals surface area contributed by atoms with Crippen LogP contribution in [0.25, 0.3) is 80.3 Å². The van der Waals surface area contributed by atoms with E-state index >= 15 is 0 Å². The lowest BCUT2D eigenvalue weighted by Crippen LogP contribution is -2.09. The Balaban J connectivity index is 1.01. The lowest BCUT2D eigenvalue weighted by atomic mass is 9.97. The summed E-state index contributed by atoms with van der Waals surface area (Å²) in [6.45, 7) is 0. The second kappa shape index (κ2) is 11.9. The first-order valence-corrected chi connectivity index (χ1v) is 18.9. The van der Waals surface area contributed by atoms with Gasteiger partial charge < -0.3 is 9.47 Å². The van der Waals surface area contributed by atoms with Crippen molar-refractivity contribution in [1.82, 2.24) is 4.57 Å². The van der Waals surface area contributed by atoms with Gasteiger partial charge in [0, 0.05) is 59.1 Å². The van der Waals surface area contributed by atoms with Crippen molar-refractivity contribution >= 4 is 91.9 Å². The van der Waals surface area contributed by atoms with Gasteiger partial charge in [-0.3, -0.25) is 0 Å². The van der Waals surface area contributed by atoms with Gasteiger partial charge in [-0.05, 0) is 94.0 Å². The van der Waals surface area contributed by atoms with Gasteiger partial charge in [-0.2, -0.15) is 0 Å². The molecule has 53 heavy (non-hydrogen) atoms. The van der Waals surface area contributed by atoms with Crippen molar-refractivity contribution < 1.29 is 0 Å². The van der Waals surface area contributed by atoms with E-state index in [9.17, 15) is 0 Å². The molecule has 2 nitrogen and oxygen atoms in total. The fourth-order valence-electron chi connectivity index (χ4n) is 8.38. The molecule has 0 spiro atoms. The summed E-state index contributed by atoms with van der Waals surface area (Å²) < 4.78 is 5.09. The molecule has 0 fully saturated rings. The van der Waals surface area contributed by atoms with Gasteiger partial charge in [0.15, 0.2) is 0 Å². The summed E-state index contributed by atoms with van der Waals surface area (Å²) in [6, 6.07) is 70.8. The van der Waals surface area contributed by atoms with Gasteiger partial charge in [-0.1, -0.05) is 127 Å². The lowest BCUT2D eigenvalue weighted by Gasteiger charge is -2.26. The molecule has 0 radical (unpaired) electrons. The van der Waals surface area contributed by atoms with Crippen LogP contribution >= 0.6 is 11.3 Å². The molecule has 0 unspecified atom stereocenters. The summed E-state index contributed by atoms with van der Waals surface area (Å²) >= 11 is 1.85. The number of hydrogen-bond donors (Lipinski definition) is 0. The van der Waals surface area contributed by atoms with E-state index < -0.39 is 0 Å². The van der Waals surface area contributed by atoms with Crippen LogP contribution in [0.15, 0.2) is 194 Å². The maximum atomic E-state index is 2.46. The fourth-order valence-corrected chi connectivity index (χ4v) is 9.47. The van der Waals surface area contributed by atoms with Crippen molar-refractivity contribution in [3.05, 3.63) is 194 Å². The van der Waals surface area contributed by atoms with E-state index in [0.29, 0.717) is 0 Å². The standard InChI is InChI=1S/C50H32N2S/c1-2-12-35(13-3-1)51(38-30-31-48-45(32-38)41-16-9-11-21-47(41)53-48)36-26-22-33(23-27-36)34-24-28-37(29-25-34)52-46-20-10-8-19-44(46)49-42-17-6-4-14-39(42)40-15-5-7-18-43(40)50(49)52/h1-32H. The van der Waals surface area contributed by atoms with Crippen molar-refractivity contribution in [2.45, 2.75) is 0 Å². The first-order valence-electron chi connectivity index (χ1n) is 18.1. The molecule has 0 saturated heterocycles. The molecular weight excluding hydrogens is 661 g/mol. The second-order valence-corrected chi connectivity index (χ2v) is 14.8. The molecule has 0 atom stereocenters. The minimum atomic E-state index is 1.12. The van der Waals surface area contributed by atoms with Crippen LogP contribution in [-0.2, 0) is 0 Å². The van der Waals surface area contributed by atoms with Crippen LogP contribution < -0.4 is 4.90 Å². The average Bonchev–Trinajstić information content (AvgIpc) is 3.78. The molecule has 0 aliphatic heterocycles. The minimum Gasteiger partial charge on any atom is -0.310 e. The molecule has 2 aromatic heterocycles. The summed E-state index contributed by atoms with van der Waals surface area (Å²) in [6.07, 6.45) is 0. The molecule has 0 amide bonds. The van der Waals surface area contributed by atoms with E-state index in [1.54, 1.807) is 0 Å². The number of para-hydroxylation sites is 2. The molecule has 2 heterocycles. The van der Waals surface area contributed by atoms with Crippen LogP contribution in [0.5, 0.6) is 0 Å². The highest BCUT2D eigenvalue weighted by molar-refractivity contribution is 7.25. The molecule has 11 aromatic rings. The van der Waals surface area contributed by atoms with Gasteiger partial charge in [0.2, 0.25) is 0 Å². The maximum Gasteiger partial charge on any atom is 0.0625 e. The summed E-state index contributed by atoms with van der Waals surface area (Å²) in [5.74, 6) is 0. The van der Waals surface area contributed by atoms with E-state index in [1.807, 2.05) is 11.3 Å². The number of fused-ring (bicyclic) bond motifs is 11. The summed E-state index contributed by atoms with van der Waals surface area (Å²) in [5.41, 5.74) is 9.41. The fraction of sp³-hybridized carbons (Fsp3) is 0. The number of thiophene rings is 1. The Morgan fingerprint density at radius 2 is 0.887 bits per heavy atom. The summed E-state index contributed by atoms with van der Waals surface area (Å²) in [7, 11) is 0. The first kappa shape index (κ1) is 30.0. The van der Waals surface area contributed by atoms with Gasteiger partial charge in [0.25, 0.3) is 0 Å². The summed E-state index contributed by atoms with van der Waals surface area (Å²) in [5, 5.41) is 10.3. The van der Waals surface area contributed by atoms with E-state index in [0.717, 1.165) is 22.7 Å². The van der Waals surface area contributed by atoms with Gasteiger partial charge in [0.05, 0.1) is 11.0 Å². The highest BCUT2D eigenvalue weighted by Gasteiger charge is 2.19. The van der Waals surface area contributed by atoms with Crippen LogP contribution in [0, 0.1) is 0 Å². The average molecular weight is 693 g/mol. The molecule has 0 N–H and O–H groups in total. The molecule has 0 aliphatic carbocycles. The van der Waals surface area contributed by atoms with Crippen LogP contribution in [-0.4, -0.2) is 4.57 Å². The third kappa shape index (κ3) is 4.71. The topological polar surface area (TPSA) is 8.17 Å². The van der Waals surface area contributed by atoms with E-state index in [1.165, 1.54) is 74.6 Å².